The van der Waals surface area contributed by atoms with Gasteiger partial charge in [0.2, 0.25) is 0 Å². The van der Waals surface area contributed by atoms with Crippen LogP contribution >= 0.6 is 12.4 Å². The summed E-state index contributed by atoms with van der Waals surface area (Å²) in [5.74, 6) is -0.639. The summed E-state index contributed by atoms with van der Waals surface area (Å²) >= 11 is 0. The van der Waals surface area contributed by atoms with Crippen molar-refractivity contribution >= 4 is 24.0 Å². The number of carbonyl (C=O) groups excluding carboxylic acids is 1. The van der Waals surface area contributed by atoms with Gasteiger partial charge in [-0.05, 0) is 64.3 Å². The van der Waals surface area contributed by atoms with Gasteiger partial charge in [-0.1, -0.05) is 5.21 Å². The molecule has 1 amide bonds. The topological polar surface area (TPSA) is 81.1 Å². The Morgan fingerprint density at radius 3 is 2.68 bits per heavy atom. The van der Waals surface area contributed by atoms with Gasteiger partial charge in [0, 0.05) is 11.8 Å². The highest BCUT2D eigenvalue weighted by Gasteiger charge is 2.24. The maximum Gasteiger partial charge on any atom is 0.278 e. The van der Waals surface area contributed by atoms with Gasteiger partial charge in [-0.15, -0.1) is 17.5 Å². The van der Waals surface area contributed by atoms with Gasteiger partial charge in [-0.2, -0.15) is 0 Å². The number of rotatable bonds is 5. The van der Waals surface area contributed by atoms with Crippen LogP contribution in [-0.2, 0) is 0 Å². The highest BCUT2D eigenvalue weighted by atomic mass is 35.5. The summed E-state index contributed by atoms with van der Waals surface area (Å²) in [6, 6.07) is 4.72. The van der Waals surface area contributed by atoms with Crippen molar-refractivity contribution in [1.82, 2.24) is 20.3 Å². The van der Waals surface area contributed by atoms with Gasteiger partial charge in [-0.3, -0.25) is 4.79 Å². The maximum absolute atomic E-state index is 14.2. The Bertz CT molecular complexity index is 834. The molecule has 9 heteroatoms. The molecule has 1 saturated heterocycles. The SMILES string of the molecule is Cc1c(C(=O)Nc2ccc(OC3CCC3)c(F)c2)nnn1C1CCNCC1.Cl. The molecule has 4 rings (SSSR count). The highest BCUT2D eigenvalue weighted by Crippen LogP contribution is 2.28. The molecule has 7 nitrogen and oxygen atoms in total. The first kappa shape index (κ1) is 20.5. The number of ether oxygens (including phenoxy) is 1. The zero-order chi connectivity index (χ0) is 18.8. The number of piperidine rings is 1. The first-order chi connectivity index (χ1) is 13.1. The van der Waals surface area contributed by atoms with Gasteiger partial charge in [-0.25, -0.2) is 9.07 Å². The predicted octanol–water partition coefficient (Wildman–Crippen LogP) is 3.26. The van der Waals surface area contributed by atoms with Gasteiger partial charge in [0.25, 0.3) is 5.91 Å². The number of hydrogen-bond acceptors (Lipinski definition) is 5. The van der Waals surface area contributed by atoms with Crippen LogP contribution in [0.2, 0.25) is 0 Å². The van der Waals surface area contributed by atoms with Crippen LogP contribution in [0.25, 0.3) is 0 Å². The molecular weight excluding hydrogens is 385 g/mol. The average Bonchev–Trinajstić information content (AvgIpc) is 3.02. The van der Waals surface area contributed by atoms with Crippen LogP contribution in [0.1, 0.15) is 54.3 Å². The molecule has 0 spiro atoms. The highest BCUT2D eigenvalue weighted by molar-refractivity contribution is 6.03. The Hall–Kier alpha value is -2.19. The van der Waals surface area contributed by atoms with Gasteiger partial charge < -0.3 is 15.4 Å². The van der Waals surface area contributed by atoms with E-state index in [-0.39, 0.29) is 41.9 Å². The second-order valence-corrected chi connectivity index (χ2v) is 7.22. The first-order valence-electron chi connectivity index (χ1n) is 9.52. The molecule has 0 bridgehead atoms. The van der Waals surface area contributed by atoms with Gasteiger partial charge in [0.05, 0.1) is 17.8 Å². The molecule has 2 heterocycles. The lowest BCUT2D eigenvalue weighted by molar-refractivity contribution is 0.102. The van der Waals surface area contributed by atoms with Crippen molar-refractivity contribution in [3.05, 3.63) is 35.4 Å². The van der Waals surface area contributed by atoms with E-state index in [1.165, 1.54) is 6.07 Å². The minimum Gasteiger partial charge on any atom is -0.487 e. The first-order valence-corrected chi connectivity index (χ1v) is 9.52. The monoisotopic (exact) mass is 409 g/mol. The number of anilines is 1. The van der Waals surface area contributed by atoms with E-state index in [1.807, 2.05) is 11.6 Å². The fourth-order valence-electron chi connectivity index (χ4n) is 3.48. The zero-order valence-electron chi connectivity index (χ0n) is 15.8. The third-order valence-corrected chi connectivity index (χ3v) is 5.33. The molecule has 1 saturated carbocycles. The number of aromatic nitrogens is 3. The minimum atomic E-state index is -0.477. The Morgan fingerprint density at radius 1 is 1.29 bits per heavy atom. The van der Waals surface area contributed by atoms with Crippen molar-refractivity contribution in [3.8, 4) is 5.75 Å². The van der Waals surface area contributed by atoms with Gasteiger partial charge >= 0.3 is 0 Å². The second-order valence-electron chi connectivity index (χ2n) is 7.22. The van der Waals surface area contributed by atoms with E-state index in [4.69, 9.17) is 4.74 Å². The number of benzene rings is 1. The smallest absolute Gasteiger partial charge is 0.278 e. The molecule has 0 atom stereocenters. The van der Waals surface area contributed by atoms with Crippen molar-refractivity contribution in [2.45, 2.75) is 51.2 Å². The third kappa shape index (κ3) is 4.28. The number of carbonyl (C=O) groups is 1. The molecule has 152 valence electrons. The molecule has 1 aromatic carbocycles. The lowest BCUT2D eigenvalue weighted by Gasteiger charge is -2.26. The van der Waals surface area contributed by atoms with Crippen molar-refractivity contribution in [2.24, 2.45) is 0 Å². The summed E-state index contributed by atoms with van der Waals surface area (Å²) < 4.78 is 21.7. The molecule has 2 aromatic rings. The number of nitrogens with one attached hydrogen (secondary N) is 2. The fraction of sp³-hybridized carbons (Fsp3) is 0.526. The number of hydrogen-bond donors (Lipinski definition) is 2. The Kier molecular flexibility index (Phi) is 6.51. The van der Waals surface area contributed by atoms with Crippen molar-refractivity contribution in [1.29, 1.82) is 0 Å². The van der Waals surface area contributed by atoms with E-state index >= 15 is 0 Å². The zero-order valence-corrected chi connectivity index (χ0v) is 16.6. The Labute approximate surface area is 169 Å². The maximum atomic E-state index is 14.2. The third-order valence-electron chi connectivity index (χ3n) is 5.33. The van der Waals surface area contributed by atoms with E-state index in [0.717, 1.165) is 50.9 Å². The molecule has 28 heavy (non-hydrogen) atoms. The Morgan fingerprint density at radius 2 is 2.04 bits per heavy atom. The minimum absolute atomic E-state index is 0. The van der Waals surface area contributed by atoms with Crippen LogP contribution in [0.4, 0.5) is 10.1 Å². The number of nitrogens with zero attached hydrogens (tertiary/aromatic N) is 3. The lowest BCUT2D eigenvalue weighted by Crippen LogP contribution is -2.30. The molecule has 0 radical (unpaired) electrons. The van der Waals surface area contributed by atoms with Gasteiger partial charge in [0.1, 0.15) is 0 Å². The van der Waals surface area contributed by atoms with Crippen LogP contribution in [0, 0.1) is 12.7 Å². The largest absolute Gasteiger partial charge is 0.487 e. The molecule has 0 unspecified atom stereocenters. The van der Waals surface area contributed by atoms with E-state index in [2.05, 4.69) is 20.9 Å². The van der Waals surface area contributed by atoms with Crippen molar-refractivity contribution < 1.29 is 13.9 Å². The van der Waals surface area contributed by atoms with E-state index in [9.17, 15) is 9.18 Å². The summed E-state index contributed by atoms with van der Waals surface area (Å²) in [6.07, 6.45) is 5.07. The van der Waals surface area contributed by atoms with E-state index in [1.54, 1.807) is 12.1 Å². The summed E-state index contributed by atoms with van der Waals surface area (Å²) in [5.41, 5.74) is 1.36. The van der Waals surface area contributed by atoms with Gasteiger partial charge in [0.15, 0.2) is 17.3 Å². The van der Waals surface area contributed by atoms with E-state index in [0.29, 0.717) is 5.69 Å². The predicted molar refractivity (Wildman–Crippen MR) is 106 cm³/mol. The van der Waals surface area contributed by atoms with Crippen LogP contribution in [0.15, 0.2) is 18.2 Å². The standard InChI is InChI=1S/C19H24FN5O2.ClH/c1-12-18(23-24-25(12)14-7-9-21-10-8-14)19(26)22-13-5-6-17(16(20)11-13)27-15-3-2-4-15;/h5-6,11,14-15,21H,2-4,7-10H2,1H3,(H,22,26);1H. The number of halogens is 2. The van der Waals surface area contributed by atoms with E-state index < -0.39 is 5.82 Å². The Balaban J connectivity index is 0.00000225. The molecule has 2 aliphatic rings. The average molecular weight is 410 g/mol. The normalized spacial score (nSPS) is 17.5. The molecule has 2 fully saturated rings. The molecule has 1 aromatic heterocycles. The van der Waals surface area contributed by atoms with Crippen LogP contribution in [0.3, 0.4) is 0 Å². The molecular formula is C19H25ClFN5O2. The lowest BCUT2D eigenvalue weighted by atomic mass is 9.96. The quantitative estimate of drug-likeness (QED) is 0.792. The second kappa shape index (κ2) is 8.87. The van der Waals surface area contributed by atoms with Crippen LogP contribution in [0.5, 0.6) is 5.75 Å². The number of amides is 1. The summed E-state index contributed by atoms with van der Waals surface area (Å²) in [6.45, 7) is 3.70. The summed E-state index contributed by atoms with van der Waals surface area (Å²) in [7, 11) is 0. The van der Waals surface area contributed by atoms with Crippen LogP contribution < -0.4 is 15.4 Å². The molecule has 1 aliphatic heterocycles. The molecule has 2 N–H and O–H groups in total. The van der Waals surface area contributed by atoms with Crippen molar-refractivity contribution in [3.63, 3.8) is 0 Å². The van der Waals surface area contributed by atoms with Crippen LogP contribution in [-0.4, -0.2) is 40.1 Å². The van der Waals surface area contributed by atoms with Crippen molar-refractivity contribution in [2.75, 3.05) is 18.4 Å². The summed E-state index contributed by atoms with van der Waals surface area (Å²) in [5, 5.41) is 14.2. The molecule has 1 aliphatic carbocycles. The fourth-order valence-corrected chi connectivity index (χ4v) is 3.48. The summed E-state index contributed by atoms with van der Waals surface area (Å²) in [4.78, 5) is 12.6.